The molecule has 0 nitrogen and oxygen atoms in total. The predicted molar refractivity (Wildman–Crippen MR) is 92.4 cm³/mol. The molecule has 0 saturated carbocycles. The third-order valence-corrected chi connectivity index (χ3v) is 4.16. The Balaban J connectivity index is 1.97. The molecule has 0 atom stereocenters. The highest BCUT2D eigenvalue weighted by molar-refractivity contribution is 5.31. The second-order valence-corrected chi connectivity index (χ2v) is 5.93. The first kappa shape index (κ1) is 15.9. The lowest BCUT2D eigenvalue weighted by Crippen LogP contribution is -1.95. The molecule has 0 saturated heterocycles. The van der Waals surface area contributed by atoms with Crippen molar-refractivity contribution in [2.75, 3.05) is 0 Å². The molecule has 0 spiro atoms. The van der Waals surface area contributed by atoms with E-state index in [9.17, 15) is 0 Å². The molecule has 0 heteroatoms. The Bertz CT molecular complexity index is 498. The van der Waals surface area contributed by atoms with E-state index in [1.165, 1.54) is 56.1 Å². The van der Waals surface area contributed by atoms with E-state index in [1.54, 1.807) is 5.57 Å². The van der Waals surface area contributed by atoms with E-state index in [4.69, 9.17) is 0 Å². The van der Waals surface area contributed by atoms with Crippen molar-refractivity contribution in [2.24, 2.45) is 0 Å². The first-order valence-corrected chi connectivity index (χ1v) is 8.57. The largest absolute Gasteiger partial charge is 0.121 e. The van der Waals surface area contributed by atoms with Gasteiger partial charge in [0.05, 0.1) is 0 Å². The minimum atomic E-state index is 1.09. The Morgan fingerprint density at radius 2 is 2.05 bits per heavy atom. The molecule has 0 heterocycles. The maximum atomic E-state index is 3.62. The third-order valence-electron chi connectivity index (χ3n) is 4.16. The fourth-order valence-corrected chi connectivity index (χ4v) is 2.87. The van der Waals surface area contributed by atoms with Crippen molar-refractivity contribution in [3.05, 3.63) is 64.9 Å². The van der Waals surface area contributed by atoms with E-state index in [0.717, 1.165) is 12.8 Å². The molecule has 0 radical (unpaired) electrons. The Hall–Kier alpha value is -1.52. The number of benzene rings is 1. The van der Waals surface area contributed by atoms with Gasteiger partial charge in [0.2, 0.25) is 0 Å². The van der Waals surface area contributed by atoms with Crippen LogP contribution in [0.4, 0.5) is 0 Å². The van der Waals surface area contributed by atoms with Gasteiger partial charge in [-0.1, -0.05) is 49.8 Å². The average molecular weight is 280 g/mol. The van der Waals surface area contributed by atoms with Crippen LogP contribution in [0, 0.1) is 0 Å². The smallest absolute Gasteiger partial charge is 0.00349 e. The SMILES string of the molecule is CCCCC(=C=CCCc1ccccc1)C1=CCCCC1. The topological polar surface area (TPSA) is 0 Å². The molecule has 1 aliphatic carbocycles. The summed E-state index contributed by atoms with van der Waals surface area (Å²) in [5, 5.41) is 0. The standard InChI is InChI=1S/C21H28/c1-2-3-15-20(21-16-8-5-9-17-21)18-11-10-14-19-12-6-4-7-13-19/h4,6-7,11-13,16H,2-3,5,8-10,14-15,17H2,1H3. The lowest BCUT2D eigenvalue weighted by atomic mass is 9.91. The molecule has 0 aromatic heterocycles. The van der Waals surface area contributed by atoms with Gasteiger partial charge in [-0.15, -0.1) is 5.73 Å². The van der Waals surface area contributed by atoms with Crippen molar-refractivity contribution in [1.29, 1.82) is 0 Å². The Morgan fingerprint density at radius 1 is 1.19 bits per heavy atom. The van der Waals surface area contributed by atoms with Crippen molar-refractivity contribution >= 4 is 0 Å². The highest BCUT2D eigenvalue weighted by Crippen LogP contribution is 2.26. The fourth-order valence-electron chi connectivity index (χ4n) is 2.87. The van der Waals surface area contributed by atoms with Gasteiger partial charge in [-0.25, -0.2) is 0 Å². The van der Waals surface area contributed by atoms with E-state index in [0.29, 0.717) is 0 Å². The number of allylic oxidation sites excluding steroid dienone is 3. The number of hydrogen-bond donors (Lipinski definition) is 0. The van der Waals surface area contributed by atoms with Gasteiger partial charge < -0.3 is 0 Å². The molecule has 0 amide bonds. The summed E-state index contributed by atoms with van der Waals surface area (Å²) in [6.45, 7) is 2.27. The molecule has 1 aliphatic rings. The van der Waals surface area contributed by atoms with Crippen LogP contribution in [-0.2, 0) is 6.42 Å². The van der Waals surface area contributed by atoms with Crippen molar-refractivity contribution in [3.63, 3.8) is 0 Å². The van der Waals surface area contributed by atoms with E-state index in [1.807, 2.05) is 0 Å². The summed E-state index contributed by atoms with van der Waals surface area (Å²) in [4.78, 5) is 0. The van der Waals surface area contributed by atoms with Gasteiger partial charge in [0.25, 0.3) is 0 Å². The Morgan fingerprint density at radius 3 is 2.76 bits per heavy atom. The quantitative estimate of drug-likeness (QED) is 0.507. The van der Waals surface area contributed by atoms with Crippen LogP contribution in [0.15, 0.2) is 59.4 Å². The monoisotopic (exact) mass is 280 g/mol. The van der Waals surface area contributed by atoms with Crippen molar-refractivity contribution in [3.8, 4) is 0 Å². The first-order valence-electron chi connectivity index (χ1n) is 8.57. The van der Waals surface area contributed by atoms with Gasteiger partial charge >= 0.3 is 0 Å². The van der Waals surface area contributed by atoms with E-state index in [-0.39, 0.29) is 0 Å². The van der Waals surface area contributed by atoms with E-state index >= 15 is 0 Å². The van der Waals surface area contributed by atoms with Crippen LogP contribution >= 0.6 is 0 Å². The zero-order valence-corrected chi connectivity index (χ0v) is 13.4. The van der Waals surface area contributed by atoms with Crippen molar-refractivity contribution in [2.45, 2.75) is 64.7 Å². The van der Waals surface area contributed by atoms with Crippen LogP contribution in [0.1, 0.15) is 63.9 Å². The molecule has 1 aromatic carbocycles. The van der Waals surface area contributed by atoms with E-state index in [2.05, 4.69) is 55.1 Å². The summed E-state index contributed by atoms with van der Waals surface area (Å²) < 4.78 is 0. The highest BCUT2D eigenvalue weighted by atomic mass is 14.1. The lowest BCUT2D eigenvalue weighted by Gasteiger charge is -2.14. The molecule has 0 fully saturated rings. The first-order chi connectivity index (χ1) is 10.4. The zero-order valence-electron chi connectivity index (χ0n) is 13.4. The van der Waals surface area contributed by atoms with Crippen LogP contribution in [0.2, 0.25) is 0 Å². The maximum Gasteiger partial charge on any atom is -0.00349 e. The summed E-state index contributed by atoms with van der Waals surface area (Å²) in [6.07, 6.45) is 15.9. The normalized spacial score (nSPS) is 14.2. The predicted octanol–water partition coefficient (Wildman–Crippen LogP) is 6.39. The summed E-state index contributed by atoms with van der Waals surface area (Å²) in [6, 6.07) is 10.7. The van der Waals surface area contributed by atoms with Gasteiger partial charge in [0, 0.05) is 0 Å². The average Bonchev–Trinajstić information content (AvgIpc) is 2.56. The van der Waals surface area contributed by atoms with Gasteiger partial charge in [-0.2, -0.15) is 0 Å². The second kappa shape index (κ2) is 9.42. The Kier molecular flexibility index (Phi) is 7.12. The third kappa shape index (κ3) is 5.78. The Labute approximate surface area is 130 Å². The molecular formula is C21H28. The van der Waals surface area contributed by atoms with Gasteiger partial charge in [0.1, 0.15) is 0 Å². The number of unbranched alkanes of at least 4 members (excludes halogenated alkanes) is 1. The van der Waals surface area contributed by atoms with Gasteiger partial charge in [0.15, 0.2) is 0 Å². The van der Waals surface area contributed by atoms with Gasteiger partial charge in [-0.05, 0) is 74.2 Å². The fraction of sp³-hybridized carbons (Fsp3) is 0.476. The lowest BCUT2D eigenvalue weighted by molar-refractivity contribution is 0.691. The van der Waals surface area contributed by atoms with Crippen LogP contribution < -0.4 is 0 Å². The molecule has 2 rings (SSSR count). The van der Waals surface area contributed by atoms with Crippen LogP contribution in [-0.4, -0.2) is 0 Å². The van der Waals surface area contributed by atoms with Crippen LogP contribution in [0.5, 0.6) is 0 Å². The number of hydrogen-bond acceptors (Lipinski definition) is 0. The summed E-state index contributed by atoms with van der Waals surface area (Å²) in [5.74, 6) is 0. The summed E-state index contributed by atoms with van der Waals surface area (Å²) in [7, 11) is 0. The maximum absolute atomic E-state index is 3.62. The summed E-state index contributed by atoms with van der Waals surface area (Å²) >= 11 is 0. The molecular weight excluding hydrogens is 252 g/mol. The van der Waals surface area contributed by atoms with Gasteiger partial charge in [-0.3, -0.25) is 0 Å². The highest BCUT2D eigenvalue weighted by Gasteiger charge is 2.07. The molecule has 1 aromatic rings. The number of rotatable bonds is 7. The van der Waals surface area contributed by atoms with Crippen LogP contribution in [0.25, 0.3) is 0 Å². The minimum Gasteiger partial charge on any atom is -0.121 e. The zero-order chi connectivity index (χ0) is 14.8. The molecule has 0 bridgehead atoms. The minimum absolute atomic E-state index is 1.09. The van der Waals surface area contributed by atoms with E-state index < -0.39 is 0 Å². The molecule has 21 heavy (non-hydrogen) atoms. The van der Waals surface area contributed by atoms with Crippen molar-refractivity contribution < 1.29 is 0 Å². The summed E-state index contributed by atoms with van der Waals surface area (Å²) in [5.41, 5.74) is 8.09. The molecule has 0 N–H and O–H groups in total. The molecule has 0 aliphatic heterocycles. The number of aryl methyl sites for hydroxylation is 1. The second-order valence-electron chi connectivity index (χ2n) is 5.93. The molecule has 0 unspecified atom stereocenters. The van der Waals surface area contributed by atoms with Crippen molar-refractivity contribution in [1.82, 2.24) is 0 Å². The molecule has 112 valence electrons. The van der Waals surface area contributed by atoms with Crippen LogP contribution in [0.3, 0.4) is 0 Å².